The van der Waals surface area contributed by atoms with Crippen LogP contribution in [0.1, 0.15) is 36.8 Å². The first-order chi connectivity index (χ1) is 15.3. The molecule has 0 radical (unpaired) electrons. The molecule has 7 heteroatoms. The quantitative estimate of drug-likeness (QED) is 0.308. The summed E-state index contributed by atoms with van der Waals surface area (Å²) in [5.74, 6) is -0.870. The van der Waals surface area contributed by atoms with E-state index in [1.807, 2.05) is 13.8 Å². The van der Waals surface area contributed by atoms with Crippen LogP contribution < -0.4 is 9.64 Å². The molecule has 0 bridgehead atoms. The van der Waals surface area contributed by atoms with Gasteiger partial charge in [0.25, 0.3) is 11.7 Å². The number of benzene rings is 2. The van der Waals surface area contributed by atoms with Crippen LogP contribution in [0.15, 0.2) is 70.9 Å². The normalized spacial score (nSPS) is 17.9. The van der Waals surface area contributed by atoms with Crippen LogP contribution in [0, 0.1) is 6.92 Å². The predicted octanol–water partition coefficient (Wildman–Crippen LogP) is 5.65. The number of rotatable bonds is 5. The van der Waals surface area contributed by atoms with Crippen molar-refractivity contribution < 1.29 is 23.8 Å². The Kier molecular flexibility index (Phi) is 5.80. The molecule has 1 aromatic heterocycles. The van der Waals surface area contributed by atoms with Gasteiger partial charge < -0.3 is 14.3 Å². The lowest BCUT2D eigenvalue weighted by atomic mass is 9.99. The van der Waals surface area contributed by atoms with E-state index in [-0.39, 0.29) is 17.4 Å². The Morgan fingerprint density at radius 1 is 1.09 bits per heavy atom. The van der Waals surface area contributed by atoms with Crippen molar-refractivity contribution in [3.63, 3.8) is 0 Å². The number of ketones is 1. The number of carbonyl (C=O) groups is 2. The molecule has 1 atom stereocenters. The molecule has 1 N–H and O–H groups in total. The molecule has 1 amide bonds. The van der Waals surface area contributed by atoms with Gasteiger partial charge in [0.15, 0.2) is 0 Å². The van der Waals surface area contributed by atoms with Crippen molar-refractivity contribution in [2.24, 2.45) is 0 Å². The van der Waals surface area contributed by atoms with Gasteiger partial charge in [-0.1, -0.05) is 17.7 Å². The van der Waals surface area contributed by atoms with Gasteiger partial charge in [-0.05, 0) is 74.9 Å². The van der Waals surface area contributed by atoms with E-state index in [0.29, 0.717) is 33.3 Å². The number of Topliss-reactive ketones (excluding diaryl/α,β-unsaturated/α-hetero) is 1. The summed E-state index contributed by atoms with van der Waals surface area (Å²) in [5, 5.41) is 11.6. The lowest BCUT2D eigenvalue weighted by Gasteiger charge is -2.25. The number of anilines is 1. The van der Waals surface area contributed by atoms with Crippen molar-refractivity contribution >= 4 is 34.7 Å². The molecule has 2 heterocycles. The van der Waals surface area contributed by atoms with Crippen molar-refractivity contribution in [2.45, 2.75) is 32.9 Å². The highest BCUT2D eigenvalue weighted by molar-refractivity contribution is 6.52. The first kappa shape index (κ1) is 21.7. The van der Waals surface area contributed by atoms with E-state index < -0.39 is 17.7 Å². The van der Waals surface area contributed by atoms with Crippen molar-refractivity contribution in [3.8, 4) is 5.75 Å². The summed E-state index contributed by atoms with van der Waals surface area (Å²) in [7, 11) is 0. The highest BCUT2D eigenvalue weighted by atomic mass is 35.5. The molecule has 0 saturated carbocycles. The number of ether oxygens (including phenoxy) is 1. The van der Waals surface area contributed by atoms with Gasteiger partial charge in [0.05, 0.1) is 17.9 Å². The second-order valence-electron chi connectivity index (χ2n) is 7.76. The summed E-state index contributed by atoms with van der Waals surface area (Å²) >= 11 is 6.27. The number of aliphatic hydroxyl groups is 1. The molecule has 1 fully saturated rings. The Hall–Kier alpha value is -3.51. The number of furan rings is 1. The number of nitrogens with zero attached hydrogens (tertiary/aromatic N) is 1. The zero-order valence-corrected chi connectivity index (χ0v) is 18.6. The number of aliphatic hydroxyl groups excluding tert-OH is 1. The van der Waals surface area contributed by atoms with Crippen LogP contribution in [0.5, 0.6) is 5.75 Å². The average molecular weight is 452 g/mol. The maximum absolute atomic E-state index is 13.1. The Labute approximate surface area is 190 Å². The zero-order valence-electron chi connectivity index (χ0n) is 17.8. The third-order valence-electron chi connectivity index (χ3n) is 5.26. The minimum absolute atomic E-state index is 0.000315. The predicted molar refractivity (Wildman–Crippen MR) is 122 cm³/mol. The molecule has 32 heavy (non-hydrogen) atoms. The monoisotopic (exact) mass is 451 g/mol. The minimum Gasteiger partial charge on any atom is -0.507 e. The first-order valence-corrected chi connectivity index (χ1v) is 10.5. The summed E-state index contributed by atoms with van der Waals surface area (Å²) in [6.07, 6.45) is 1.46. The van der Waals surface area contributed by atoms with Gasteiger partial charge >= 0.3 is 0 Å². The van der Waals surface area contributed by atoms with Crippen molar-refractivity contribution in [2.75, 3.05) is 4.90 Å². The lowest BCUT2D eigenvalue weighted by Crippen LogP contribution is -2.30. The molecule has 6 nitrogen and oxygen atoms in total. The van der Waals surface area contributed by atoms with Crippen LogP contribution in [0.3, 0.4) is 0 Å². The SMILES string of the molecule is Cc1c(Cl)cccc1N1C(=O)C(=O)/C(=C(\O)c2ccc(OC(C)C)cc2)C1c1ccco1. The number of carbonyl (C=O) groups excluding carboxylic acids is 2. The fourth-order valence-electron chi connectivity index (χ4n) is 3.77. The molecule has 4 rings (SSSR count). The Morgan fingerprint density at radius 2 is 1.81 bits per heavy atom. The highest BCUT2D eigenvalue weighted by Gasteiger charge is 2.48. The maximum Gasteiger partial charge on any atom is 0.300 e. The van der Waals surface area contributed by atoms with Crippen LogP contribution in [-0.4, -0.2) is 22.9 Å². The summed E-state index contributed by atoms with van der Waals surface area (Å²) in [4.78, 5) is 27.6. The van der Waals surface area contributed by atoms with E-state index in [1.54, 1.807) is 61.5 Å². The summed E-state index contributed by atoms with van der Waals surface area (Å²) in [6, 6.07) is 14.2. The standard InChI is InChI=1S/C25H22ClNO5/c1-14(2)32-17-11-9-16(10-12-17)23(28)21-22(20-8-5-13-31-20)27(25(30)24(21)29)19-7-4-6-18(26)15(19)3/h4-14,22,28H,1-3H3/b23-21-. The zero-order chi connectivity index (χ0) is 23.0. The van der Waals surface area contributed by atoms with Crippen LogP contribution in [0.25, 0.3) is 5.76 Å². The summed E-state index contributed by atoms with van der Waals surface area (Å²) in [6.45, 7) is 5.59. The van der Waals surface area contributed by atoms with Crippen molar-refractivity contribution in [3.05, 3.63) is 88.3 Å². The van der Waals surface area contributed by atoms with Gasteiger partial charge in [-0.25, -0.2) is 0 Å². The van der Waals surface area contributed by atoms with E-state index >= 15 is 0 Å². The van der Waals surface area contributed by atoms with E-state index in [4.69, 9.17) is 20.8 Å². The van der Waals surface area contributed by atoms with Crippen LogP contribution >= 0.6 is 11.6 Å². The molecule has 1 unspecified atom stereocenters. The molecular formula is C25H22ClNO5. The molecule has 3 aromatic rings. The first-order valence-electron chi connectivity index (χ1n) is 10.2. The van der Waals surface area contributed by atoms with Crippen molar-refractivity contribution in [1.29, 1.82) is 0 Å². The fraction of sp³-hybridized carbons (Fsp3) is 0.200. The van der Waals surface area contributed by atoms with Crippen LogP contribution in [0.2, 0.25) is 5.02 Å². The second-order valence-corrected chi connectivity index (χ2v) is 8.17. The third-order valence-corrected chi connectivity index (χ3v) is 5.66. The molecule has 0 aliphatic carbocycles. The minimum atomic E-state index is -0.936. The number of hydrogen-bond donors (Lipinski definition) is 1. The van der Waals surface area contributed by atoms with E-state index in [2.05, 4.69) is 0 Å². The second kappa shape index (κ2) is 8.55. The van der Waals surface area contributed by atoms with Crippen molar-refractivity contribution in [1.82, 2.24) is 0 Å². The van der Waals surface area contributed by atoms with Gasteiger partial charge in [-0.15, -0.1) is 0 Å². The topological polar surface area (TPSA) is 80.0 Å². The molecule has 1 aliphatic heterocycles. The van der Waals surface area contributed by atoms with Crippen LogP contribution in [0.4, 0.5) is 5.69 Å². The van der Waals surface area contributed by atoms with E-state index in [0.717, 1.165) is 0 Å². The summed E-state index contributed by atoms with van der Waals surface area (Å²) in [5.41, 5.74) is 1.45. The molecule has 1 saturated heterocycles. The molecule has 0 spiro atoms. The molecule has 2 aromatic carbocycles. The fourth-order valence-corrected chi connectivity index (χ4v) is 3.94. The number of halogens is 1. The van der Waals surface area contributed by atoms with E-state index in [9.17, 15) is 14.7 Å². The van der Waals surface area contributed by atoms with E-state index in [1.165, 1.54) is 11.2 Å². The smallest absolute Gasteiger partial charge is 0.300 e. The van der Waals surface area contributed by atoms with Gasteiger partial charge in [0.2, 0.25) is 0 Å². The largest absolute Gasteiger partial charge is 0.507 e. The molecule has 1 aliphatic rings. The Balaban J connectivity index is 1.86. The van der Waals surface area contributed by atoms with Gasteiger partial charge in [-0.2, -0.15) is 0 Å². The summed E-state index contributed by atoms with van der Waals surface area (Å²) < 4.78 is 11.2. The third kappa shape index (κ3) is 3.78. The Morgan fingerprint density at radius 3 is 2.44 bits per heavy atom. The molecule has 164 valence electrons. The maximum atomic E-state index is 13.1. The number of amides is 1. The highest BCUT2D eigenvalue weighted by Crippen LogP contribution is 2.44. The Bertz CT molecular complexity index is 1200. The number of hydrogen-bond acceptors (Lipinski definition) is 5. The molecular weight excluding hydrogens is 430 g/mol. The van der Waals surface area contributed by atoms with Crippen LogP contribution in [-0.2, 0) is 9.59 Å². The van der Waals surface area contributed by atoms with Gasteiger partial charge in [-0.3, -0.25) is 14.5 Å². The van der Waals surface area contributed by atoms with Gasteiger partial charge in [0, 0.05) is 16.3 Å². The van der Waals surface area contributed by atoms with Gasteiger partial charge in [0.1, 0.15) is 23.3 Å². The lowest BCUT2D eigenvalue weighted by molar-refractivity contribution is -0.132. The average Bonchev–Trinajstić information content (AvgIpc) is 3.37.